The number of aromatic nitrogens is 1. The molecule has 0 spiro atoms. The van der Waals surface area contributed by atoms with E-state index in [9.17, 15) is 13.9 Å². The van der Waals surface area contributed by atoms with Crippen molar-refractivity contribution < 1.29 is 33.8 Å². The molecule has 29 heavy (non-hydrogen) atoms. The van der Waals surface area contributed by atoms with Gasteiger partial charge in [0.2, 0.25) is 0 Å². The van der Waals surface area contributed by atoms with Crippen LogP contribution in [0.2, 0.25) is 10.0 Å². The number of ether oxygens (including phenoxy) is 2. The van der Waals surface area contributed by atoms with Gasteiger partial charge in [0.15, 0.2) is 23.9 Å². The Bertz CT molecular complexity index is 775. The number of nitrogens with one attached hydrogen (secondary N) is 1. The van der Waals surface area contributed by atoms with Crippen LogP contribution in [0.5, 0.6) is 11.5 Å². The smallest absolute Gasteiger partial charge is 0.387 e. The molecular formula is C19H23Cl2F2NO4S. The molecule has 1 aromatic heterocycles. The standard InChI is InChI=1S/C19H19Cl2F2NO3.H2O.H2S/c20-14-9-24-10-15(21)13(14)8-16(25)11-5-6-17(27-19(22)23)18(7-11)26-12-3-1-2-4-12;;/h5-7,9-10,12,16,19,25H,1-4,8H2;2*1H2/t16-;;/m0../s1. The van der Waals surface area contributed by atoms with Crippen molar-refractivity contribution in [2.45, 2.75) is 50.9 Å². The first-order chi connectivity index (χ1) is 12.9. The maximum atomic E-state index is 12.7. The SMILES string of the molecule is O[C@@H](Cc1c(Cl)c[nH+]cc1Cl)c1ccc(OC(F)F)c(OC2CCCC2)c1.S.[OH-]. The van der Waals surface area contributed by atoms with E-state index in [4.69, 9.17) is 27.9 Å². The number of hydrogen-bond donors (Lipinski definition) is 1. The van der Waals surface area contributed by atoms with Gasteiger partial charge < -0.3 is 20.1 Å². The largest absolute Gasteiger partial charge is 0.870 e. The fourth-order valence-electron chi connectivity index (χ4n) is 3.19. The van der Waals surface area contributed by atoms with Gasteiger partial charge in [-0.05, 0) is 43.4 Å². The summed E-state index contributed by atoms with van der Waals surface area (Å²) in [6.07, 6.45) is 6.16. The predicted molar refractivity (Wildman–Crippen MR) is 110 cm³/mol. The highest BCUT2D eigenvalue weighted by Crippen LogP contribution is 2.36. The average Bonchev–Trinajstić information content (AvgIpc) is 3.12. The lowest BCUT2D eigenvalue weighted by Gasteiger charge is -2.19. The molecule has 3 rings (SSSR count). The highest BCUT2D eigenvalue weighted by atomic mass is 35.5. The van der Waals surface area contributed by atoms with Crippen LogP contribution in [0, 0.1) is 0 Å². The molecule has 3 N–H and O–H groups in total. The first-order valence-electron chi connectivity index (χ1n) is 8.71. The summed E-state index contributed by atoms with van der Waals surface area (Å²) in [5.41, 5.74) is 1.10. The van der Waals surface area contributed by atoms with Gasteiger partial charge in [0, 0.05) is 12.0 Å². The third kappa shape index (κ3) is 6.86. The van der Waals surface area contributed by atoms with Crippen molar-refractivity contribution in [2.75, 3.05) is 0 Å². The van der Waals surface area contributed by atoms with Crippen LogP contribution in [0.3, 0.4) is 0 Å². The maximum absolute atomic E-state index is 12.7. The minimum Gasteiger partial charge on any atom is -0.870 e. The second-order valence-corrected chi connectivity index (χ2v) is 7.27. The van der Waals surface area contributed by atoms with Gasteiger partial charge in [-0.15, -0.1) is 0 Å². The number of aliphatic hydroxyl groups excluding tert-OH is 1. The topological polar surface area (TPSA) is 82.8 Å². The van der Waals surface area contributed by atoms with Crippen molar-refractivity contribution in [3.05, 3.63) is 51.8 Å². The Labute approximate surface area is 184 Å². The molecule has 1 aromatic carbocycles. The molecule has 1 fully saturated rings. The Morgan fingerprint density at radius 3 is 2.31 bits per heavy atom. The summed E-state index contributed by atoms with van der Waals surface area (Å²) in [5, 5.41) is 11.4. The van der Waals surface area contributed by atoms with Gasteiger partial charge in [0.25, 0.3) is 0 Å². The number of hydrogen-bond acceptors (Lipinski definition) is 4. The molecule has 0 amide bonds. The number of H-pyrrole nitrogens is 1. The van der Waals surface area contributed by atoms with Crippen LogP contribution < -0.4 is 14.5 Å². The fraction of sp³-hybridized carbons (Fsp3) is 0.421. The second-order valence-electron chi connectivity index (χ2n) is 6.46. The van der Waals surface area contributed by atoms with E-state index < -0.39 is 12.7 Å². The van der Waals surface area contributed by atoms with Crippen molar-refractivity contribution in [3.63, 3.8) is 0 Å². The summed E-state index contributed by atoms with van der Waals surface area (Å²) in [6, 6.07) is 4.45. The third-order valence-corrected chi connectivity index (χ3v) is 5.23. The molecule has 2 aromatic rings. The molecule has 1 aliphatic rings. The Morgan fingerprint density at radius 1 is 1.10 bits per heavy atom. The molecule has 0 aliphatic heterocycles. The van der Waals surface area contributed by atoms with Crippen LogP contribution in [0.1, 0.15) is 42.9 Å². The van der Waals surface area contributed by atoms with Gasteiger partial charge in [-0.3, -0.25) is 0 Å². The van der Waals surface area contributed by atoms with Crippen LogP contribution in [0.4, 0.5) is 8.78 Å². The van der Waals surface area contributed by atoms with E-state index in [2.05, 4.69) is 9.72 Å². The monoisotopic (exact) mass is 469 g/mol. The number of halogens is 4. The molecule has 1 saturated carbocycles. The van der Waals surface area contributed by atoms with Crippen LogP contribution in [0.15, 0.2) is 30.6 Å². The second kappa shape index (κ2) is 11.8. The molecule has 10 heteroatoms. The van der Waals surface area contributed by atoms with E-state index >= 15 is 0 Å². The highest BCUT2D eigenvalue weighted by Gasteiger charge is 2.22. The lowest BCUT2D eigenvalue weighted by atomic mass is 10.0. The van der Waals surface area contributed by atoms with Crippen molar-refractivity contribution in [1.82, 2.24) is 0 Å². The van der Waals surface area contributed by atoms with Crippen LogP contribution in [0.25, 0.3) is 0 Å². The number of aliphatic hydroxyl groups is 1. The lowest BCUT2D eigenvalue weighted by molar-refractivity contribution is -0.377. The van der Waals surface area contributed by atoms with Crippen molar-refractivity contribution in [3.8, 4) is 11.5 Å². The molecule has 0 unspecified atom stereocenters. The number of aromatic amines is 1. The Balaban J connectivity index is 0.00000210. The summed E-state index contributed by atoms with van der Waals surface area (Å²) in [4.78, 5) is 2.80. The van der Waals surface area contributed by atoms with Gasteiger partial charge in [-0.1, -0.05) is 29.3 Å². The van der Waals surface area contributed by atoms with E-state index in [1.165, 1.54) is 18.2 Å². The van der Waals surface area contributed by atoms with Crippen molar-refractivity contribution in [2.24, 2.45) is 0 Å². The fourth-order valence-corrected chi connectivity index (χ4v) is 3.72. The molecule has 1 atom stereocenters. The minimum atomic E-state index is -2.95. The van der Waals surface area contributed by atoms with E-state index in [0.29, 0.717) is 21.2 Å². The van der Waals surface area contributed by atoms with E-state index in [1.54, 1.807) is 12.4 Å². The normalized spacial score (nSPS) is 14.8. The zero-order valence-electron chi connectivity index (χ0n) is 15.4. The Morgan fingerprint density at radius 2 is 1.72 bits per heavy atom. The molecular weight excluding hydrogens is 447 g/mol. The van der Waals surface area contributed by atoms with Gasteiger partial charge in [0.05, 0.1) is 12.2 Å². The van der Waals surface area contributed by atoms with E-state index in [1.807, 2.05) is 0 Å². The van der Waals surface area contributed by atoms with Crippen molar-refractivity contribution >= 4 is 36.7 Å². The zero-order valence-corrected chi connectivity index (χ0v) is 17.9. The minimum absolute atomic E-state index is 0. The third-order valence-electron chi connectivity index (χ3n) is 4.56. The number of rotatable bonds is 7. The Kier molecular flexibility index (Phi) is 10.4. The molecule has 1 aliphatic carbocycles. The van der Waals surface area contributed by atoms with Crippen molar-refractivity contribution in [1.29, 1.82) is 0 Å². The van der Waals surface area contributed by atoms with Crippen LogP contribution in [-0.2, 0) is 6.42 Å². The van der Waals surface area contributed by atoms with E-state index in [0.717, 1.165) is 25.7 Å². The molecule has 0 bridgehead atoms. The maximum Gasteiger partial charge on any atom is 0.387 e. The first kappa shape index (κ1) is 25.7. The summed E-state index contributed by atoms with van der Waals surface area (Å²) in [7, 11) is 0. The quantitative estimate of drug-likeness (QED) is 0.621. The van der Waals surface area contributed by atoms with Gasteiger partial charge >= 0.3 is 6.61 Å². The summed E-state index contributed by atoms with van der Waals surface area (Å²) < 4.78 is 35.8. The van der Waals surface area contributed by atoms with Crippen LogP contribution >= 0.6 is 36.7 Å². The first-order valence-corrected chi connectivity index (χ1v) is 9.47. The predicted octanol–water partition coefficient (Wildman–Crippen LogP) is 4.94. The summed E-state index contributed by atoms with van der Waals surface area (Å²) >= 11 is 12.3. The van der Waals surface area contributed by atoms with Gasteiger partial charge in [-0.2, -0.15) is 22.3 Å². The Hall–Kier alpha value is -1.32. The number of alkyl halides is 2. The number of pyridine rings is 1. The average molecular weight is 470 g/mol. The van der Waals surface area contributed by atoms with Crippen LogP contribution in [-0.4, -0.2) is 23.3 Å². The molecule has 0 radical (unpaired) electrons. The van der Waals surface area contributed by atoms with Gasteiger partial charge in [0.1, 0.15) is 10.0 Å². The molecule has 1 heterocycles. The zero-order chi connectivity index (χ0) is 19.4. The van der Waals surface area contributed by atoms with E-state index in [-0.39, 0.29) is 43.0 Å². The number of benzene rings is 1. The lowest BCUT2D eigenvalue weighted by Crippen LogP contribution is -2.14. The van der Waals surface area contributed by atoms with Gasteiger partial charge in [-0.25, -0.2) is 4.98 Å². The molecule has 5 nitrogen and oxygen atoms in total. The molecule has 0 saturated heterocycles. The summed E-state index contributed by atoms with van der Waals surface area (Å²) in [6.45, 7) is -2.95. The highest BCUT2D eigenvalue weighted by molar-refractivity contribution is 7.59. The molecule has 162 valence electrons. The summed E-state index contributed by atoms with van der Waals surface area (Å²) in [5.74, 6) is 0.163.